The van der Waals surface area contributed by atoms with E-state index in [0.29, 0.717) is 30.8 Å². The zero-order valence-electron chi connectivity index (χ0n) is 10.9. The van der Waals surface area contributed by atoms with Crippen molar-refractivity contribution in [2.24, 2.45) is 5.73 Å². The van der Waals surface area contributed by atoms with Crippen molar-refractivity contribution in [1.29, 1.82) is 0 Å². The molecule has 0 saturated heterocycles. The van der Waals surface area contributed by atoms with E-state index in [2.05, 4.69) is 4.90 Å². The number of carbonyl (C=O) groups excluding carboxylic acids is 1. The predicted molar refractivity (Wildman–Crippen MR) is 71.2 cm³/mol. The quantitative estimate of drug-likeness (QED) is 0.794. The Labute approximate surface area is 112 Å². The van der Waals surface area contributed by atoms with Crippen LogP contribution in [0.1, 0.15) is 12.0 Å². The summed E-state index contributed by atoms with van der Waals surface area (Å²) in [6.07, 6.45) is 0.669. The van der Waals surface area contributed by atoms with Crippen LogP contribution in [0, 0.1) is 0 Å². The van der Waals surface area contributed by atoms with Crippen LogP contribution in [0.3, 0.4) is 0 Å². The summed E-state index contributed by atoms with van der Waals surface area (Å²) < 4.78 is 4.74. The number of aromatic hydroxyl groups is 1. The van der Waals surface area contributed by atoms with Crippen molar-refractivity contribution in [2.45, 2.75) is 13.0 Å². The van der Waals surface area contributed by atoms with Gasteiger partial charge in [0.25, 0.3) is 0 Å². The van der Waals surface area contributed by atoms with Gasteiger partial charge in [-0.05, 0) is 17.7 Å². The number of hydrogen-bond donors (Lipinski definition) is 2. The molecule has 5 nitrogen and oxygen atoms in total. The van der Waals surface area contributed by atoms with Crippen LogP contribution < -0.4 is 5.73 Å². The topological polar surface area (TPSA) is 75.8 Å². The van der Waals surface area contributed by atoms with Crippen LogP contribution in [0.25, 0.3) is 0 Å². The molecule has 0 spiro atoms. The van der Waals surface area contributed by atoms with Crippen LogP contribution in [-0.2, 0) is 16.1 Å². The molecular formula is C14H18N2O3. The Hall–Kier alpha value is -2.01. The second-order valence-electron chi connectivity index (χ2n) is 4.62. The molecule has 0 bridgehead atoms. The second kappa shape index (κ2) is 5.75. The molecule has 1 aliphatic heterocycles. The molecule has 3 N–H and O–H groups in total. The van der Waals surface area contributed by atoms with Crippen LogP contribution in [0.15, 0.2) is 35.5 Å². The monoisotopic (exact) mass is 262 g/mol. The fraction of sp³-hybridized carbons (Fsp3) is 0.357. The summed E-state index contributed by atoms with van der Waals surface area (Å²) in [4.78, 5) is 13.7. The lowest BCUT2D eigenvalue weighted by atomic mass is 10.1. The minimum absolute atomic E-state index is 0.252. The van der Waals surface area contributed by atoms with Crippen molar-refractivity contribution in [3.8, 4) is 5.75 Å². The molecule has 0 fully saturated rings. The SMILES string of the molecule is COC(=O)C1=C(N)CCN(Cc2ccc(O)cc2)C1. The fourth-order valence-corrected chi connectivity index (χ4v) is 2.15. The molecule has 0 aromatic heterocycles. The van der Waals surface area contributed by atoms with Gasteiger partial charge in [0.2, 0.25) is 0 Å². The van der Waals surface area contributed by atoms with E-state index in [1.54, 1.807) is 12.1 Å². The molecule has 0 amide bonds. The maximum Gasteiger partial charge on any atom is 0.336 e. The highest BCUT2D eigenvalue weighted by Crippen LogP contribution is 2.18. The van der Waals surface area contributed by atoms with E-state index in [-0.39, 0.29) is 11.7 Å². The molecule has 0 atom stereocenters. The number of phenolic OH excluding ortho intramolecular Hbond substituents is 1. The molecule has 2 rings (SSSR count). The number of hydrogen-bond acceptors (Lipinski definition) is 5. The van der Waals surface area contributed by atoms with Crippen molar-refractivity contribution >= 4 is 5.97 Å². The standard InChI is InChI=1S/C14H18N2O3/c1-19-14(18)12-9-16(7-6-13(12)15)8-10-2-4-11(17)5-3-10/h2-5,17H,6-9,15H2,1H3. The Morgan fingerprint density at radius 3 is 2.74 bits per heavy atom. The minimum atomic E-state index is -0.354. The molecular weight excluding hydrogens is 244 g/mol. The van der Waals surface area contributed by atoms with Crippen molar-refractivity contribution in [2.75, 3.05) is 20.2 Å². The molecule has 0 saturated carbocycles. The van der Waals surface area contributed by atoms with Gasteiger partial charge in [0, 0.05) is 31.8 Å². The lowest BCUT2D eigenvalue weighted by Crippen LogP contribution is -2.35. The van der Waals surface area contributed by atoms with Crippen LogP contribution in [0.5, 0.6) is 5.75 Å². The van der Waals surface area contributed by atoms with Crippen LogP contribution in [-0.4, -0.2) is 36.2 Å². The van der Waals surface area contributed by atoms with Crippen LogP contribution in [0.2, 0.25) is 0 Å². The summed E-state index contributed by atoms with van der Waals surface area (Å²) in [6, 6.07) is 7.05. The molecule has 0 aliphatic carbocycles. The lowest BCUT2D eigenvalue weighted by molar-refractivity contribution is -0.136. The first-order chi connectivity index (χ1) is 9.10. The Morgan fingerprint density at radius 2 is 2.11 bits per heavy atom. The predicted octanol–water partition coefficient (Wildman–Crippen LogP) is 0.984. The van der Waals surface area contributed by atoms with Crippen molar-refractivity contribution < 1.29 is 14.6 Å². The molecule has 1 aliphatic rings. The third-order valence-electron chi connectivity index (χ3n) is 3.24. The van der Waals surface area contributed by atoms with Gasteiger partial charge in [-0.1, -0.05) is 12.1 Å². The van der Waals surface area contributed by atoms with E-state index in [4.69, 9.17) is 10.5 Å². The summed E-state index contributed by atoms with van der Waals surface area (Å²) >= 11 is 0. The van der Waals surface area contributed by atoms with E-state index in [0.717, 1.165) is 12.1 Å². The van der Waals surface area contributed by atoms with Crippen LogP contribution >= 0.6 is 0 Å². The first-order valence-electron chi connectivity index (χ1n) is 6.16. The molecule has 5 heteroatoms. The first kappa shape index (κ1) is 13.4. The largest absolute Gasteiger partial charge is 0.508 e. The zero-order chi connectivity index (χ0) is 13.8. The average molecular weight is 262 g/mol. The number of esters is 1. The smallest absolute Gasteiger partial charge is 0.336 e. The Morgan fingerprint density at radius 1 is 1.42 bits per heavy atom. The fourth-order valence-electron chi connectivity index (χ4n) is 2.15. The number of ether oxygens (including phenoxy) is 1. The van der Waals surface area contributed by atoms with Crippen molar-refractivity contribution in [3.05, 3.63) is 41.1 Å². The van der Waals surface area contributed by atoms with Gasteiger partial charge in [0.05, 0.1) is 12.7 Å². The number of benzene rings is 1. The number of nitrogens with zero attached hydrogens (tertiary/aromatic N) is 1. The Kier molecular flexibility index (Phi) is 4.06. The van der Waals surface area contributed by atoms with Gasteiger partial charge in [-0.2, -0.15) is 0 Å². The van der Waals surface area contributed by atoms with Crippen LogP contribution in [0.4, 0.5) is 0 Å². The molecule has 1 heterocycles. The van der Waals surface area contributed by atoms with Crippen molar-refractivity contribution in [3.63, 3.8) is 0 Å². The molecule has 1 aromatic rings. The van der Waals surface area contributed by atoms with Crippen molar-refractivity contribution in [1.82, 2.24) is 4.90 Å². The number of methoxy groups -OCH3 is 1. The third-order valence-corrected chi connectivity index (χ3v) is 3.24. The summed E-state index contributed by atoms with van der Waals surface area (Å²) in [7, 11) is 1.36. The maximum atomic E-state index is 11.6. The number of phenols is 1. The maximum absolute atomic E-state index is 11.6. The summed E-state index contributed by atoms with van der Waals surface area (Å²) in [5, 5.41) is 9.25. The van der Waals surface area contributed by atoms with Gasteiger partial charge in [0.1, 0.15) is 5.75 Å². The number of nitrogens with two attached hydrogens (primary N) is 1. The van der Waals surface area contributed by atoms with Gasteiger partial charge in [-0.3, -0.25) is 4.90 Å². The molecule has 19 heavy (non-hydrogen) atoms. The van der Waals surface area contributed by atoms with Gasteiger partial charge < -0.3 is 15.6 Å². The van der Waals surface area contributed by atoms with E-state index in [1.807, 2.05) is 12.1 Å². The van der Waals surface area contributed by atoms with E-state index in [9.17, 15) is 9.90 Å². The zero-order valence-corrected chi connectivity index (χ0v) is 10.9. The summed E-state index contributed by atoms with van der Waals surface area (Å²) in [6.45, 7) is 2.03. The Bertz CT molecular complexity index is 494. The minimum Gasteiger partial charge on any atom is -0.508 e. The normalized spacial score (nSPS) is 16.5. The summed E-state index contributed by atoms with van der Waals surface area (Å²) in [5.74, 6) is -0.102. The van der Waals surface area contributed by atoms with Gasteiger partial charge in [0.15, 0.2) is 0 Å². The number of rotatable bonds is 3. The lowest BCUT2D eigenvalue weighted by Gasteiger charge is -2.28. The highest BCUT2D eigenvalue weighted by molar-refractivity contribution is 5.89. The molecule has 102 valence electrons. The molecule has 0 unspecified atom stereocenters. The van der Waals surface area contributed by atoms with Gasteiger partial charge in [-0.15, -0.1) is 0 Å². The first-order valence-corrected chi connectivity index (χ1v) is 6.16. The molecule has 1 aromatic carbocycles. The van der Waals surface area contributed by atoms with Gasteiger partial charge in [-0.25, -0.2) is 4.79 Å². The van der Waals surface area contributed by atoms with Gasteiger partial charge >= 0.3 is 5.97 Å². The Balaban J connectivity index is 2.04. The number of carbonyl (C=O) groups is 1. The van der Waals surface area contributed by atoms with E-state index >= 15 is 0 Å². The second-order valence-corrected chi connectivity index (χ2v) is 4.62. The average Bonchev–Trinajstić information content (AvgIpc) is 2.42. The highest BCUT2D eigenvalue weighted by Gasteiger charge is 2.22. The third kappa shape index (κ3) is 3.26. The molecule has 0 radical (unpaired) electrons. The summed E-state index contributed by atoms with van der Waals surface area (Å²) in [5.41, 5.74) is 8.10. The van der Waals surface area contributed by atoms with E-state index in [1.165, 1.54) is 7.11 Å². The van der Waals surface area contributed by atoms with E-state index < -0.39 is 0 Å². The highest BCUT2D eigenvalue weighted by atomic mass is 16.5.